The van der Waals surface area contributed by atoms with Crippen LogP contribution in [-0.4, -0.2) is 10.9 Å². The molecular weight excluding hydrogens is 348 g/mol. The average Bonchev–Trinajstić information content (AvgIpc) is 3.18. The van der Waals surface area contributed by atoms with Crippen molar-refractivity contribution in [2.75, 3.05) is 5.32 Å². The third-order valence-electron chi connectivity index (χ3n) is 4.16. The number of carbonyl (C=O) groups is 1. The Kier molecular flexibility index (Phi) is 4.19. The predicted molar refractivity (Wildman–Crippen MR) is 104 cm³/mol. The number of nitrogens with zero attached hydrogens (tertiary/aromatic N) is 1. The van der Waals surface area contributed by atoms with Gasteiger partial charge in [-0.05, 0) is 48.9 Å². The summed E-state index contributed by atoms with van der Waals surface area (Å²) >= 11 is 6.16. The number of aryl methyl sites for hydroxylation is 1. The number of benzene rings is 2. The first-order valence-corrected chi connectivity index (χ1v) is 8.51. The SMILES string of the molecule is Cc1ccc(NC(=O)c2cc(-c3ccco3)nc3ccccc23)cc1Cl. The molecule has 4 rings (SSSR count). The summed E-state index contributed by atoms with van der Waals surface area (Å²) in [6, 6.07) is 18.3. The van der Waals surface area contributed by atoms with Gasteiger partial charge in [0.25, 0.3) is 5.91 Å². The molecule has 1 N–H and O–H groups in total. The van der Waals surface area contributed by atoms with Crippen molar-refractivity contribution in [3.63, 3.8) is 0 Å². The number of hydrogen-bond donors (Lipinski definition) is 1. The van der Waals surface area contributed by atoms with E-state index in [0.29, 0.717) is 27.7 Å². The third kappa shape index (κ3) is 3.07. The van der Waals surface area contributed by atoms with Crippen LogP contribution in [0.4, 0.5) is 5.69 Å². The molecule has 0 bridgehead atoms. The summed E-state index contributed by atoms with van der Waals surface area (Å²) in [6.07, 6.45) is 1.58. The zero-order chi connectivity index (χ0) is 18.1. The van der Waals surface area contributed by atoms with E-state index in [1.165, 1.54) is 0 Å². The standard InChI is InChI=1S/C21H15ClN2O2/c1-13-8-9-14(11-17(13)22)23-21(25)16-12-19(20-7-4-10-26-20)24-18-6-3-2-5-15(16)18/h2-12H,1H3,(H,23,25). The van der Waals surface area contributed by atoms with Gasteiger partial charge in [0.05, 0.1) is 17.3 Å². The van der Waals surface area contributed by atoms with Crippen LogP contribution in [0.2, 0.25) is 5.02 Å². The van der Waals surface area contributed by atoms with Crippen molar-refractivity contribution in [3.8, 4) is 11.5 Å². The fourth-order valence-corrected chi connectivity index (χ4v) is 2.96. The molecule has 1 amide bonds. The molecule has 2 heterocycles. The summed E-state index contributed by atoms with van der Waals surface area (Å²) < 4.78 is 5.44. The molecule has 4 nitrogen and oxygen atoms in total. The van der Waals surface area contributed by atoms with Crippen LogP contribution in [0.25, 0.3) is 22.4 Å². The van der Waals surface area contributed by atoms with E-state index in [1.54, 1.807) is 24.5 Å². The highest BCUT2D eigenvalue weighted by atomic mass is 35.5. The van der Waals surface area contributed by atoms with E-state index in [0.717, 1.165) is 16.5 Å². The number of anilines is 1. The maximum Gasteiger partial charge on any atom is 0.256 e. The lowest BCUT2D eigenvalue weighted by molar-refractivity contribution is 0.102. The number of halogens is 1. The summed E-state index contributed by atoms with van der Waals surface area (Å²) in [7, 11) is 0. The lowest BCUT2D eigenvalue weighted by Gasteiger charge is -2.10. The molecule has 0 saturated heterocycles. The second-order valence-electron chi connectivity index (χ2n) is 5.97. The van der Waals surface area contributed by atoms with Crippen LogP contribution in [0.1, 0.15) is 15.9 Å². The fraction of sp³-hybridized carbons (Fsp3) is 0.0476. The number of para-hydroxylation sites is 1. The molecule has 4 aromatic rings. The molecule has 0 radical (unpaired) electrons. The number of rotatable bonds is 3. The first-order valence-electron chi connectivity index (χ1n) is 8.13. The summed E-state index contributed by atoms with van der Waals surface area (Å²) in [5.74, 6) is 0.388. The first kappa shape index (κ1) is 16.4. The summed E-state index contributed by atoms with van der Waals surface area (Å²) in [5.41, 5.74) is 3.47. The van der Waals surface area contributed by atoms with Crippen molar-refractivity contribution in [2.24, 2.45) is 0 Å². The van der Waals surface area contributed by atoms with Gasteiger partial charge in [0.2, 0.25) is 0 Å². The molecule has 0 spiro atoms. The van der Waals surface area contributed by atoms with Crippen LogP contribution in [0, 0.1) is 6.92 Å². The van der Waals surface area contributed by atoms with Crippen molar-refractivity contribution in [1.29, 1.82) is 0 Å². The summed E-state index contributed by atoms with van der Waals surface area (Å²) in [4.78, 5) is 17.5. The van der Waals surface area contributed by atoms with E-state index in [4.69, 9.17) is 16.0 Å². The second-order valence-corrected chi connectivity index (χ2v) is 6.37. The Labute approximate surface area is 155 Å². The molecular formula is C21H15ClN2O2. The normalized spacial score (nSPS) is 10.8. The first-order chi connectivity index (χ1) is 12.6. The number of nitrogens with one attached hydrogen (secondary N) is 1. The molecule has 0 unspecified atom stereocenters. The Bertz CT molecular complexity index is 1100. The maximum atomic E-state index is 12.9. The van der Waals surface area contributed by atoms with Crippen LogP contribution >= 0.6 is 11.6 Å². The molecule has 0 aliphatic carbocycles. The molecule has 2 aromatic carbocycles. The Morgan fingerprint density at radius 1 is 1.08 bits per heavy atom. The maximum absolute atomic E-state index is 12.9. The Hall–Kier alpha value is -3.11. The number of carbonyl (C=O) groups excluding carboxylic acids is 1. The van der Waals surface area contributed by atoms with E-state index in [2.05, 4.69) is 10.3 Å². The van der Waals surface area contributed by atoms with E-state index in [1.807, 2.05) is 49.4 Å². The number of aromatic nitrogens is 1. The third-order valence-corrected chi connectivity index (χ3v) is 4.57. The number of amides is 1. The van der Waals surface area contributed by atoms with E-state index >= 15 is 0 Å². The second kappa shape index (κ2) is 6.65. The van der Waals surface area contributed by atoms with Crippen LogP contribution in [-0.2, 0) is 0 Å². The van der Waals surface area contributed by atoms with Gasteiger partial charge in [0.15, 0.2) is 5.76 Å². The van der Waals surface area contributed by atoms with Gasteiger partial charge in [0, 0.05) is 16.1 Å². The molecule has 0 fully saturated rings. The number of furan rings is 1. The van der Waals surface area contributed by atoms with Gasteiger partial charge in [-0.15, -0.1) is 0 Å². The van der Waals surface area contributed by atoms with Crippen molar-refractivity contribution < 1.29 is 9.21 Å². The van der Waals surface area contributed by atoms with Crippen LogP contribution in [0.15, 0.2) is 71.3 Å². The highest BCUT2D eigenvalue weighted by Crippen LogP contribution is 2.26. The topological polar surface area (TPSA) is 55.1 Å². The van der Waals surface area contributed by atoms with Crippen molar-refractivity contribution in [2.45, 2.75) is 6.92 Å². The highest BCUT2D eigenvalue weighted by Gasteiger charge is 2.15. The largest absolute Gasteiger partial charge is 0.463 e. The van der Waals surface area contributed by atoms with Gasteiger partial charge in [-0.3, -0.25) is 4.79 Å². The minimum absolute atomic E-state index is 0.226. The zero-order valence-corrected chi connectivity index (χ0v) is 14.7. The van der Waals surface area contributed by atoms with Gasteiger partial charge in [-0.2, -0.15) is 0 Å². The minimum Gasteiger partial charge on any atom is -0.463 e. The number of hydrogen-bond acceptors (Lipinski definition) is 3. The lowest BCUT2D eigenvalue weighted by Crippen LogP contribution is -2.13. The average molecular weight is 363 g/mol. The van der Waals surface area contributed by atoms with Gasteiger partial charge >= 0.3 is 0 Å². The molecule has 26 heavy (non-hydrogen) atoms. The van der Waals surface area contributed by atoms with E-state index < -0.39 is 0 Å². The van der Waals surface area contributed by atoms with Crippen LogP contribution in [0.5, 0.6) is 0 Å². The van der Waals surface area contributed by atoms with Gasteiger partial charge in [-0.1, -0.05) is 35.9 Å². The summed E-state index contributed by atoms with van der Waals surface area (Å²) in [5, 5.41) is 4.30. The van der Waals surface area contributed by atoms with Gasteiger partial charge in [0.1, 0.15) is 5.69 Å². The summed E-state index contributed by atoms with van der Waals surface area (Å²) in [6.45, 7) is 1.92. The van der Waals surface area contributed by atoms with E-state index in [9.17, 15) is 4.79 Å². The molecule has 0 aliphatic rings. The Balaban J connectivity index is 1.78. The Morgan fingerprint density at radius 3 is 2.69 bits per heavy atom. The van der Waals surface area contributed by atoms with Crippen molar-refractivity contribution >= 4 is 34.1 Å². The van der Waals surface area contributed by atoms with Gasteiger partial charge < -0.3 is 9.73 Å². The van der Waals surface area contributed by atoms with E-state index in [-0.39, 0.29) is 5.91 Å². The number of pyridine rings is 1. The van der Waals surface area contributed by atoms with Crippen molar-refractivity contribution in [1.82, 2.24) is 4.98 Å². The molecule has 0 atom stereocenters. The Morgan fingerprint density at radius 2 is 1.92 bits per heavy atom. The molecule has 0 aliphatic heterocycles. The van der Waals surface area contributed by atoms with Crippen molar-refractivity contribution in [3.05, 3.63) is 83.1 Å². The molecule has 2 aromatic heterocycles. The molecule has 0 saturated carbocycles. The van der Waals surface area contributed by atoms with Gasteiger partial charge in [-0.25, -0.2) is 4.98 Å². The number of fused-ring (bicyclic) bond motifs is 1. The minimum atomic E-state index is -0.226. The molecule has 5 heteroatoms. The van der Waals surface area contributed by atoms with Crippen LogP contribution in [0.3, 0.4) is 0 Å². The predicted octanol–water partition coefficient (Wildman–Crippen LogP) is 5.71. The zero-order valence-electron chi connectivity index (χ0n) is 14.0. The smallest absolute Gasteiger partial charge is 0.256 e. The lowest BCUT2D eigenvalue weighted by atomic mass is 10.1. The molecule has 128 valence electrons. The quantitative estimate of drug-likeness (QED) is 0.508. The highest BCUT2D eigenvalue weighted by molar-refractivity contribution is 6.31. The van der Waals surface area contributed by atoms with Crippen LogP contribution < -0.4 is 5.32 Å². The fourth-order valence-electron chi connectivity index (χ4n) is 2.78. The monoisotopic (exact) mass is 362 g/mol.